The third kappa shape index (κ3) is 3.75. The highest BCUT2D eigenvalue weighted by molar-refractivity contribution is 9.10. The van der Waals surface area contributed by atoms with Gasteiger partial charge in [0.1, 0.15) is 12.1 Å². The molecule has 1 N–H and O–H groups in total. The molecule has 2 aromatic rings. The van der Waals surface area contributed by atoms with E-state index in [-0.39, 0.29) is 6.04 Å². The number of ether oxygens (including phenoxy) is 1. The molecule has 0 bridgehead atoms. The maximum atomic E-state index is 5.40. The maximum absolute atomic E-state index is 5.40. The van der Waals surface area contributed by atoms with Crippen molar-refractivity contribution in [3.63, 3.8) is 0 Å². The van der Waals surface area contributed by atoms with Crippen LogP contribution in [0.25, 0.3) is 0 Å². The summed E-state index contributed by atoms with van der Waals surface area (Å²) in [4.78, 5) is 8.00. The third-order valence-corrected chi connectivity index (χ3v) is 3.38. The van der Waals surface area contributed by atoms with Gasteiger partial charge in [-0.15, -0.1) is 0 Å². The number of methoxy groups -OCH3 is 1. The number of hydrogen-bond acceptors (Lipinski definition) is 4. The summed E-state index contributed by atoms with van der Waals surface area (Å²) in [5.74, 6) is 0.874. The smallest absolute Gasteiger partial charge is 0.124 e. The van der Waals surface area contributed by atoms with Crippen LogP contribution in [0.4, 0.5) is 0 Å². The van der Waals surface area contributed by atoms with Crippen LogP contribution in [0.5, 0.6) is 5.75 Å². The van der Waals surface area contributed by atoms with Gasteiger partial charge in [-0.05, 0) is 19.1 Å². The first-order chi connectivity index (χ1) is 9.20. The van der Waals surface area contributed by atoms with Crippen LogP contribution in [0, 0.1) is 0 Å². The molecule has 5 heteroatoms. The summed E-state index contributed by atoms with van der Waals surface area (Å²) in [6.07, 6.45) is 5.15. The number of benzene rings is 1. The molecule has 0 aliphatic heterocycles. The first-order valence-electron chi connectivity index (χ1n) is 6.01. The van der Waals surface area contributed by atoms with Crippen LogP contribution in [0.2, 0.25) is 0 Å². The topological polar surface area (TPSA) is 47.0 Å². The van der Waals surface area contributed by atoms with E-state index in [1.54, 1.807) is 7.11 Å². The summed E-state index contributed by atoms with van der Waals surface area (Å²) in [5.41, 5.74) is 2.19. The van der Waals surface area contributed by atoms with Crippen molar-refractivity contribution in [1.29, 1.82) is 0 Å². The van der Waals surface area contributed by atoms with Crippen molar-refractivity contribution < 1.29 is 4.74 Å². The lowest BCUT2D eigenvalue weighted by molar-refractivity contribution is 0.401. The van der Waals surface area contributed by atoms with Crippen LogP contribution in [0.1, 0.15) is 24.1 Å². The van der Waals surface area contributed by atoms with E-state index >= 15 is 0 Å². The molecule has 0 unspecified atom stereocenters. The number of nitrogens with one attached hydrogen (secondary N) is 1. The summed E-state index contributed by atoms with van der Waals surface area (Å²) < 4.78 is 6.42. The van der Waals surface area contributed by atoms with E-state index in [9.17, 15) is 0 Å². The second-order valence-electron chi connectivity index (χ2n) is 4.24. The number of aromatic nitrogens is 2. The molecule has 2 rings (SSSR count). The lowest BCUT2D eigenvalue weighted by Gasteiger charge is -2.17. The van der Waals surface area contributed by atoms with E-state index < -0.39 is 0 Å². The van der Waals surface area contributed by atoms with Gasteiger partial charge in [0.05, 0.1) is 7.11 Å². The Morgan fingerprint density at radius 3 is 2.74 bits per heavy atom. The first-order valence-corrected chi connectivity index (χ1v) is 6.80. The van der Waals surface area contributed by atoms with Crippen molar-refractivity contribution in [3.8, 4) is 5.75 Å². The standard InChI is InChI=1S/C14H16BrN3O/c1-10(18-8-11-6-16-9-17-7-11)13-4-3-12(15)5-14(13)19-2/h3-7,9-10,18H,8H2,1-2H3/t10-/m1/s1. The Hall–Kier alpha value is -1.46. The second-order valence-corrected chi connectivity index (χ2v) is 5.15. The van der Waals surface area contributed by atoms with Gasteiger partial charge in [-0.25, -0.2) is 9.97 Å². The van der Waals surface area contributed by atoms with Crippen molar-refractivity contribution in [1.82, 2.24) is 15.3 Å². The number of rotatable bonds is 5. The van der Waals surface area contributed by atoms with Gasteiger partial charge in [-0.3, -0.25) is 0 Å². The zero-order valence-electron chi connectivity index (χ0n) is 10.9. The Labute approximate surface area is 121 Å². The second kappa shape index (κ2) is 6.63. The van der Waals surface area contributed by atoms with Crippen LogP contribution in [-0.4, -0.2) is 17.1 Å². The lowest BCUT2D eigenvalue weighted by Crippen LogP contribution is -2.18. The molecule has 100 valence electrons. The van der Waals surface area contributed by atoms with Crippen molar-refractivity contribution in [2.75, 3.05) is 7.11 Å². The summed E-state index contributed by atoms with van der Waals surface area (Å²) in [6, 6.07) is 6.23. The van der Waals surface area contributed by atoms with E-state index in [1.165, 1.54) is 6.33 Å². The molecule has 0 amide bonds. The van der Waals surface area contributed by atoms with Crippen molar-refractivity contribution >= 4 is 15.9 Å². The van der Waals surface area contributed by atoms with Gasteiger partial charge in [-0.2, -0.15) is 0 Å². The van der Waals surface area contributed by atoms with Gasteiger partial charge >= 0.3 is 0 Å². The van der Waals surface area contributed by atoms with Crippen molar-refractivity contribution in [3.05, 3.63) is 52.5 Å². The third-order valence-electron chi connectivity index (χ3n) is 2.89. The Morgan fingerprint density at radius 1 is 1.32 bits per heavy atom. The Bertz CT molecular complexity index is 533. The van der Waals surface area contributed by atoms with Crippen molar-refractivity contribution in [2.24, 2.45) is 0 Å². The van der Waals surface area contributed by atoms with Crippen molar-refractivity contribution in [2.45, 2.75) is 19.5 Å². The molecule has 0 radical (unpaired) electrons. The molecule has 1 aromatic heterocycles. The van der Waals surface area contributed by atoms with Gasteiger partial charge in [-0.1, -0.05) is 22.0 Å². The molecule has 0 spiro atoms. The minimum absolute atomic E-state index is 0.184. The monoisotopic (exact) mass is 321 g/mol. The van der Waals surface area contributed by atoms with Gasteiger partial charge in [0.25, 0.3) is 0 Å². The fraction of sp³-hybridized carbons (Fsp3) is 0.286. The Balaban J connectivity index is 2.05. The first kappa shape index (κ1) is 14.0. The minimum Gasteiger partial charge on any atom is -0.496 e. The number of hydrogen-bond donors (Lipinski definition) is 1. The highest BCUT2D eigenvalue weighted by atomic mass is 79.9. The molecule has 0 saturated heterocycles. The highest BCUT2D eigenvalue weighted by Gasteiger charge is 2.11. The van der Waals surface area contributed by atoms with Gasteiger partial charge in [0.15, 0.2) is 0 Å². The zero-order valence-corrected chi connectivity index (χ0v) is 12.5. The van der Waals surface area contributed by atoms with Crippen LogP contribution in [0.3, 0.4) is 0 Å². The lowest BCUT2D eigenvalue weighted by atomic mass is 10.1. The van der Waals surface area contributed by atoms with E-state index in [0.717, 1.165) is 27.9 Å². The molecule has 19 heavy (non-hydrogen) atoms. The summed E-state index contributed by atoms with van der Waals surface area (Å²) in [7, 11) is 1.68. The molecule has 1 heterocycles. The Kier molecular flexibility index (Phi) is 4.87. The molecule has 1 aromatic carbocycles. The van der Waals surface area contributed by atoms with E-state index in [4.69, 9.17) is 4.74 Å². The fourth-order valence-electron chi connectivity index (χ4n) is 1.84. The van der Waals surface area contributed by atoms with Crippen LogP contribution >= 0.6 is 15.9 Å². The normalized spacial score (nSPS) is 12.2. The average molecular weight is 322 g/mol. The summed E-state index contributed by atoms with van der Waals surface area (Å²) in [5, 5.41) is 3.43. The number of nitrogens with zero attached hydrogens (tertiary/aromatic N) is 2. The highest BCUT2D eigenvalue weighted by Crippen LogP contribution is 2.28. The molecule has 0 saturated carbocycles. The van der Waals surface area contributed by atoms with E-state index in [1.807, 2.05) is 24.5 Å². The fourth-order valence-corrected chi connectivity index (χ4v) is 2.18. The molecular formula is C14H16BrN3O. The van der Waals surface area contributed by atoms with Crippen LogP contribution in [0.15, 0.2) is 41.4 Å². The molecule has 1 atom stereocenters. The summed E-state index contributed by atoms with van der Waals surface area (Å²) >= 11 is 3.44. The number of halogens is 1. The zero-order chi connectivity index (χ0) is 13.7. The quantitative estimate of drug-likeness (QED) is 0.919. The van der Waals surface area contributed by atoms with E-state index in [2.05, 4.69) is 44.2 Å². The molecular weight excluding hydrogens is 306 g/mol. The molecule has 0 aliphatic carbocycles. The predicted octanol–water partition coefficient (Wildman–Crippen LogP) is 3.10. The molecule has 0 aliphatic rings. The van der Waals surface area contributed by atoms with Crippen LogP contribution < -0.4 is 10.1 Å². The van der Waals surface area contributed by atoms with Crippen LogP contribution in [-0.2, 0) is 6.54 Å². The predicted molar refractivity (Wildman–Crippen MR) is 78.0 cm³/mol. The summed E-state index contributed by atoms with van der Waals surface area (Å²) in [6.45, 7) is 2.83. The van der Waals surface area contributed by atoms with Gasteiger partial charge < -0.3 is 10.1 Å². The van der Waals surface area contributed by atoms with Gasteiger partial charge in [0, 0.05) is 40.6 Å². The molecule has 4 nitrogen and oxygen atoms in total. The van der Waals surface area contributed by atoms with E-state index in [0.29, 0.717) is 0 Å². The Morgan fingerprint density at radius 2 is 2.05 bits per heavy atom. The van der Waals surface area contributed by atoms with Gasteiger partial charge in [0.2, 0.25) is 0 Å². The average Bonchev–Trinajstić information content (AvgIpc) is 2.45. The molecule has 0 fully saturated rings. The SMILES string of the molecule is COc1cc(Br)ccc1[C@@H](C)NCc1cncnc1. The largest absolute Gasteiger partial charge is 0.496 e. The maximum Gasteiger partial charge on any atom is 0.124 e. The minimum atomic E-state index is 0.184.